The van der Waals surface area contributed by atoms with Crippen LogP contribution in [0.3, 0.4) is 0 Å². The van der Waals surface area contributed by atoms with E-state index >= 15 is 0 Å². The van der Waals surface area contributed by atoms with Gasteiger partial charge in [-0.3, -0.25) is 4.79 Å². The van der Waals surface area contributed by atoms with Crippen molar-refractivity contribution in [1.82, 2.24) is 10.3 Å². The van der Waals surface area contributed by atoms with Gasteiger partial charge < -0.3 is 4.90 Å². The molecule has 1 amide bonds. The Kier molecular flexibility index (Phi) is 3.89. The monoisotopic (exact) mass is 183 g/mol. The van der Waals surface area contributed by atoms with E-state index in [1.165, 1.54) is 6.92 Å². The third kappa shape index (κ3) is 4.03. The van der Waals surface area contributed by atoms with Crippen LogP contribution in [0.5, 0.6) is 0 Å². The molecule has 1 aliphatic heterocycles. The number of hydrogen-bond acceptors (Lipinski definition) is 3. The molecule has 0 unspecified atom stereocenters. The Hall–Kier alpha value is -0.900. The number of hydrazone groups is 1. The van der Waals surface area contributed by atoms with Gasteiger partial charge in [0, 0.05) is 25.6 Å². The van der Waals surface area contributed by atoms with Crippen molar-refractivity contribution in [1.29, 1.82) is 0 Å². The molecular formula is C9H17N3O. The third-order valence-corrected chi connectivity index (χ3v) is 2.16. The summed E-state index contributed by atoms with van der Waals surface area (Å²) in [5.74, 6) is -0.0925. The van der Waals surface area contributed by atoms with Crippen LogP contribution in [0.2, 0.25) is 0 Å². The van der Waals surface area contributed by atoms with E-state index in [1.54, 1.807) is 0 Å². The van der Waals surface area contributed by atoms with Gasteiger partial charge >= 0.3 is 0 Å². The molecule has 4 heteroatoms. The van der Waals surface area contributed by atoms with E-state index in [1.807, 2.05) is 0 Å². The summed E-state index contributed by atoms with van der Waals surface area (Å²) in [6.07, 6.45) is 3.11. The molecule has 1 rings (SSSR count). The van der Waals surface area contributed by atoms with Crippen molar-refractivity contribution < 1.29 is 4.79 Å². The number of hydrogen-bond donors (Lipinski definition) is 1. The second-order valence-electron chi connectivity index (χ2n) is 3.50. The quantitative estimate of drug-likeness (QED) is 0.605. The Balaban J connectivity index is 2.41. The normalized spacial score (nSPS) is 22.8. The fraction of sp³-hybridized carbons (Fsp3) is 0.778. The summed E-state index contributed by atoms with van der Waals surface area (Å²) in [4.78, 5) is 12.9. The fourth-order valence-corrected chi connectivity index (χ4v) is 1.38. The van der Waals surface area contributed by atoms with Crippen LogP contribution in [-0.4, -0.2) is 36.7 Å². The predicted molar refractivity (Wildman–Crippen MR) is 52.6 cm³/mol. The molecule has 0 bridgehead atoms. The van der Waals surface area contributed by atoms with E-state index in [0.29, 0.717) is 0 Å². The molecule has 1 heterocycles. The van der Waals surface area contributed by atoms with Gasteiger partial charge in [0.15, 0.2) is 0 Å². The largest absolute Gasteiger partial charge is 0.306 e. The number of rotatable bonds is 1. The van der Waals surface area contributed by atoms with Crippen LogP contribution in [-0.2, 0) is 4.79 Å². The van der Waals surface area contributed by atoms with Gasteiger partial charge in [-0.05, 0) is 26.4 Å². The molecule has 1 saturated heterocycles. The zero-order valence-electron chi connectivity index (χ0n) is 8.34. The third-order valence-electron chi connectivity index (χ3n) is 2.16. The highest BCUT2D eigenvalue weighted by atomic mass is 16.2. The van der Waals surface area contributed by atoms with E-state index in [0.717, 1.165) is 38.1 Å². The Labute approximate surface area is 79.0 Å². The highest BCUT2D eigenvalue weighted by molar-refractivity contribution is 5.86. The molecule has 13 heavy (non-hydrogen) atoms. The van der Waals surface area contributed by atoms with Crippen LogP contribution in [0.4, 0.5) is 0 Å². The summed E-state index contributed by atoms with van der Waals surface area (Å²) < 4.78 is 0. The highest BCUT2D eigenvalue weighted by Gasteiger charge is 2.09. The Morgan fingerprint density at radius 3 is 2.92 bits per heavy atom. The minimum atomic E-state index is -0.0925. The van der Waals surface area contributed by atoms with Crippen LogP contribution >= 0.6 is 0 Å². The van der Waals surface area contributed by atoms with Crippen LogP contribution in [0.1, 0.15) is 26.2 Å². The summed E-state index contributed by atoms with van der Waals surface area (Å²) in [6, 6.07) is 0. The molecule has 0 radical (unpaired) electrons. The predicted octanol–water partition coefficient (Wildman–Crippen LogP) is 0.594. The first-order valence-corrected chi connectivity index (χ1v) is 4.69. The van der Waals surface area contributed by atoms with Crippen LogP contribution in [0.25, 0.3) is 0 Å². The van der Waals surface area contributed by atoms with E-state index in [4.69, 9.17) is 0 Å². The van der Waals surface area contributed by atoms with Gasteiger partial charge in [0.1, 0.15) is 0 Å². The fourth-order valence-electron chi connectivity index (χ4n) is 1.38. The smallest absolute Gasteiger partial charge is 0.236 e. The Bertz CT molecular complexity index is 213. The van der Waals surface area contributed by atoms with Gasteiger partial charge in [-0.15, -0.1) is 0 Å². The van der Waals surface area contributed by atoms with Crippen molar-refractivity contribution >= 4 is 11.6 Å². The lowest BCUT2D eigenvalue weighted by molar-refractivity contribution is -0.118. The number of nitrogens with zero attached hydrogens (tertiary/aromatic N) is 2. The zero-order chi connectivity index (χ0) is 9.68. The first-order chi connectivity index (χ1) is 6.18. The van der Waals surface area contributed by atoms with Gasteiger partial charge in [-0.1, -0.05) is 0 Å². The van der Waals surface area contributed by atoms with Crippen molar-refractivity contribution in [2.75, 3.05) is 20.1 Å². The van der Waals surface area contributed by atoms with Crippen LogP contribution < -0.4 is 5.43 Å². The molecule has 0 aromatic carbocycles. The van der Waals surface area contributed by atoms with Gasteiger partial charge in [-0.25, -0.2) is 5.43 Å². The molecule has 0 spiro atoms. The van der Waals surface area contributed by atoms with Crippen molar-refractivity contribution in [3.8, 4) is 0 Å². The van der Waals surface area contributed by atoms with Crippen molar-refractivity contribution in [2.24, 2.45) is 5.10 Å². The topological polar surface area (TPSA) is 44.7 Å². The maximum Gasteiger partial charge on any atom is 0.236 e. The standard InChI is InChI=1S/C9H17N3O/c1-8(13)10-11-9-4-3-6-12(2)7-5-9/h3-7H2,1-2H3,(H,10,13)/b11-9+. The Morgan fingerprint density at radius 2 is 2.23 bits per heavy atom. The molecule has 0 saturated carbocycles. The number of nitrogens with one attached hydrogen (secondary N) is 1. The number of carbonyl (C=O) groups excluding carboxylic acids is 1. The highest BCUT2D eigenvalue weighted by Crippen LogP contribution is 2.05. The molecule has 0 aromatic heterocycles. The number of amides is 1. The van der Waals surface area contributed by atoms with Gasteiger partial charge in [0.25, 0.3) is 0 Å². The summed E-state index contributed by atoms with van der Waals surface area (Å²) in [5, 5.41) is 4.07. The second-order valence-corrected chi connectivity index (χ2v) is 3.50. The molecule has 0 aromatic rings. The van der Waals surface area contributed by atoms with Crippen molar-refractivity contribution in [3.05, 3.63) is 0 Å². The van der Waals surface area contributed by atoms with Crippen LogP contribution in [0.15, 0.2) is 5.10 Å². The molecule has 1 N–H and O–H groups in total. The summed E-state index contributed by atoms with van der Waals surface area (Å²) in [6.45, 7) is 3.64. The zero-order valence-corrected chi connectivity index (χ0v) is 8.34. The number of carbonyl (C=O) groups is 1. The average molecular weight is 183 g/mol. The van der Waals surface area contributed by atoms with Crippen LogP contribution in [0, 0.1) is 0 Å². The lowest BCUT2D eigenvalue weighted by Gasteiger charge is -2.10. The first kappa shape index (κ1) is 10.2. The Morgan fingerprint density at radius 1 is 1.46 bits per heavy atom. The SMILES string of the molecule is CC(=O)N/N=C1\CCCN(C)CC1. The van der Waals surface area contributed by atoms with E-state index < -0.39 is 0 Å². The van der Waals surface area contributed by atoms with E-state index in [2.05, 4.69) is 22.5 Å². The van der Waals surface area contributed by atoms with Gasteiger partial charge in [0.2, 0.25) is 5.91 Å². The summed E-state index contributed by atoms with van der Waals surface area (Å²) >= 11 is 0. The molecular weight excluding hydrogens is 166 g/mol. The van der Waals surface area contributed by atoms with E-state index in [9.17, 15) is 4.79 Å². The van der Waals surface area contributed by atoms with Crippen molar-refractivity contribution in [3.63, 3.8) is 0 Å². The van der Waals surface area contributed by atoms with Gasteiger partial charge in [-0.2, -0.15) is 5.10 Å². The maximum absolute atomic E-state index is 10.6. The molecule has 1 fully saturated rings. The molecule has 4 nitrogen and oxygen atoms in total. The summed E-state index contributed by atoms with van der Waals surface area (Å²) in [7, 11) is 2.11. The lowest BCUT2D eigenvalue weighted by atomic mass is 10.2. The maximum atomic E-state index is 10.6. The number of likely N-dealkylation sites (tertiary alicyclic amines) is 1. The molecule has 1 aliphatic rings. The minimum Gasteiger partial charge on any atom is -0.306 e. The minimum absolute atomic E-state index is 0.0925. The van der Waals surface area contributed by atoms with Gasteiger partial charge in [0.05, 0.1) is 0 Å². The second kappa shape index (κ2) is 4.97. The molecule has 0 aliphatic carbocycles. The van der Waals surface area contributed by atoms with Crippen molar-refractivity contribution in [2.45, 2.75) is 26.2 Å². The lowest BCUT2D eigenvalue weighted by Crippen LogP contribution is -2.19. The summed E-state index contributed by atoms with van der Waals surface area (Å²) in [5.41, 5.74) is 3.60. The molecule has 74 valence electrons. The average Bonchev–Trinajstić information content (AvgIpc) is 2.27. The molecule has 0 atom stereocenters. The van der Waals surface area contributed by atoms with E-state index in [-0.39, 0.29) is 5.91 Å². The first-order valence-electron chi connectivity index (χ1n) is 4.69.